The molecule has 0 amide bonds. The molecule has 1 fully saturated rings. The van der Waals surface area contributed by atoms with Gasteiger partial charge < -0.3 is 5.73 Å². The van der Waals surface area contributed by atoms with E-state index in [9.17, 15) is 17.6 Å². The van der Waals surface area contributed by atoms with Crippen LogP contribution in [0.25, 0.3) is 0 Å². The number of alkyl halides is 3. The molecule has 2 N–H and O–H groups in total. The lowest BCUT2D eigenvalue weighted by molar-refractivity contribution is -0.137. The van der Waals surface area contributed by atoms with Crippen LogP contribution in [0, 0.1) is 11.7 Å². The van der Waals surface area contributed by atoms with Crippen LogP contribution in [0.4, 0.5) is 17.6 Å². The van der Waals surface area contributed by atoms with Crippen molar-refractivity contribution in [3.05, 3.63) is 35.1 Å². The minimum Gasteiger partial charge on any atom is -0.324 e. The molecule has 0 radical (unpaired) electrons. The Balaban J connectivity index is 0.00000144. The average Bonchev–Trinajstić information content (AvgIpc) is 2.98. The minimum atomic E-state index is -4.51. The summed E-state index contributed by atoms with van der Waals surface area (Å²) < 4.78 is 50.3. The molecule has 1 unspecified atom stereocenters. The number of nitrogens with two attached hydrogens (primary N) is 1. The van der Waals surface area contributed by atoms with Crippen molar-refractivity contribution in [2.75, 3.05) is 0 Å². The van der Waals surface area contributed by atoms with Crippen LogP contribution in [0.15, 0.2) is 18.2 Å². The van der Waals surface area contributed by atoms with Crippen LogP contribution >= 0.6 is 12.4 Å². The van der Waals surface area contributed by atoms with Crippen LogP contribution in [0.3, 0.4) is 0 Å². The van der Waals surface area contributed by atoms with E-state index in [2.05, 4.69) is 0 Å². The van der Waals surface area contributed by atoms with Crippen molar-refractivity contribution in [3.63, 3.8) is 0 Å². The zero-order chi connectivity index (χ0) is 11.9. The first-order valence-electron chi connectivity index (χ1n) is 5.02. The first-order chi connectivity index (χ1) is 7.39. The molecule has 1 aromatic rings. The second kappa shape index (κ2) is 4.82. The molecule has 1 aliphatic carbocycles. The molecule has 17 heavy (non-hydrogen) atoms. The van der Waals surface area contributed by atoms with Crippen molar-refractivity contribution in [2.24, 2.45) is 11.7 Å². The van der Waals surface area contributed by atoms with Crippen molar-refractivity contribution in [1.29, 1.82) is 0 Å². The van der Waals surface area contributed by atoms with Crippen molar-refractivity contribution >= 4 is 12.4 Å². The lowest BCUT2D eigenvalue weighted by atomic mass is 10.0. The van der Waals surface area contributed by atoms with Gasteiger partial charge in [-0.05, 0) is 30.9 Å². The molecule has 2 rings (SSSR count). The molecular formula is C11H12ClF4N. The summed E-state index contributed by atoms with van der Waals surface area (Å²) in [6, 6.07) is 2.04. The van der Waals surface area contributed by atoms with Crippen LogP contribution in [-0.2, 0) is 6.18 Å². The fourth-order valence-electron chi connectivity index (χ4n) is 1.68. The quantitative estimate of drug-likeness (QED) is 0.815. The summed E-state index contributed by atoms with van der Waals surface area (Å²) in [5.74, 6) is -0.652. The highest BCUT2D eigenvalue weighted by Crippen LogP contribution is 2.41. The largest absolute Gasteiger partial charge is 0.416 e. The smallest absolute Gasteiger partial charge is 0.324 e. The standard InChI is InChI=1S/C11H11F4N.ClH/c12-9-5-7(11(13,14)15)3-4-8(9)10(16)6-1-2-6;/h3-6,10H,1-2,16H2;1H. The Labute approximate surface area is 102 Å². The van der Waals surface area contributed by atoms with Gasteiger partial charge in [-0.25, -0.2) is 4.39 Å². The number of benzene rings is 1. The highest BCUT2D eigenvalue weighted by molar-refractivity contribution is 5.85. The Morgan fingerprint density at radius 1 is 1.24 bits per heavy atom. The van der Waals surface area contributed by atoms with E-state index < -0.39 is 23.6 Å². The van der Waals surface area contributed by atoms with E-state index in [1.807, 2.05) is 0 Å². The van der Waals surface area contributed by atoms with E-state index in [1.165, 1.54) is 0 Å². The highest BCUT2D eigenvalue weighted by atomic mass is 35.5. The molecule has 0 saturated heterocycles. The van der Waals surface area contributed by atoms with Crippen LogP contribution in [0.5, 0.6) is 0 Å². The van der Waals surface area contributed by atoms with Crippen LogP contribution in [0.1, 0.15) is 30.0 Å². The molecule has 0 aromatic heterocycles. The predicted octanol–water partition coefficient (Wildman–Crippen LogP) is 3.68. The monoisotopic (exact) mass is 269 g/mol. The summed E-state index contributed by atoms with van der Waals surface area (Å²) in [6.07, 6.45) is -2.67. The van der Waals surface area contributed by atoms with Crippen LogP contribution < -0.4 is 5.73 Å². The first kappa shape index (κ1) is 14.3. The number of rotatable bonds is 2. The summed E-state index contributed by atoms with van der Waals surface area (Å²) in [7, 11) is 0. The van der Waals surface area contributed by atoms with Gasteiger partial charge in [-0.2, -0.15) is 13.2 Å². The summed E-state index contributed by atoms with van der Waals surface area (Å²) >= 11 is 0. The summed E-state index contributed by atoms with van der Waals surface area (Å²) in [5, 5.41) is 0. The molecule has 1 saturated carbocycles. The van der Waals surface area contributed by atoms with Gasteiger partial charge in [-0.15, -0.1) is 12.4 Å². The lowest BCUT2D eigenvalue weighted by Crippen LogP contribution is -2.15. The maximum absolute atomic E-state index is 13.4. The Hall–Kier alpha value is -0.810. The third kappa shape index (κ3) is 3.10. The second-order valence-electron chi connectivity index (χ2n) is 4.10. The topological polar surface area (TPSA) is 26.0 Å². The fourth-order valence-corrected chi connectivity index (χ4v) is 1.68. The Bertz CT molecular complexity index is 401. The molecule has 0 heterocycles. The van der Waals surface area contributed by atoms with Gasteiger partial charge >= 0.3 is 6.18 Å². The molecule has 6 heteroatoms. The van der Waals surface area contributed by atoms with E-state index in [-0.39, 0.29) is 23.9 Å². The molecule has 1 aliphatic rings. The SMILES string of the molecule is Cl.NC(c1ccc(C(F)(F)F)cc1F)C1CC1. The zero-order valence-corrected chi connectivity index (χ0v) is 9.61. The van der Waals surface area contributed by atoms with Gasteiger partial charge in [-0.3, -0.25) is 0 Å². The van der Waals surface area contributed by atoms with Crippen LogP contribution in [-0.4, -0.2) is 0 Å². The second-order valence-corrected chi connectivity index (χ2v) is 4.10. The van der Waals surface area contributed by atoms with Crippen molar-refractivity contribution in [3.8, 4) is 0 Å². The Morgan fingerprint density at radius 3 is 2.24 bits per heavy atom. The van der Waals surface area contributed by atoms with E-state index >= 15 is 0 Å². The van der Waals surface area contributed by atoms with Crippen molar-refractivity contribution in [2.45, 2.75) is 25.1 Å². The summed E-state index contributed by atoms with van der Waals surface area (Å²) in [4.78, 5) is 0. The zero-order valence-electron chi connectivity index (χ0n) is 8.80. The molecule has 0 bridgehead atoms. The molecule has 0 aliphatic heterocycles. The van der Waals surface area contributed by atoms with E-state index in [1.54, 1.807) is 0 Å². The third-order valence-corrected chi connectivity index (χ3v) is 2.82. The highest BCUT2D eigenvalue weighted by Gasteiger charge is 2.34. The van der Waals surface area contributed by atoms with Gasteiger partial charge in [0.2, 0.25) is 0 Å². The molecule has 0 spiro atoms. The summed E-state index contributed by atoms with van der Waals surface area (Å²) in [5.41, 5.74) is 4.94. The fraction of sp³-hybridized carbons (Fsp3) is 0.455. The number of halogens is 5. The molecule has 96 valence electrons. The van der Waals surface area contributed by atoms with Gasteiger partial charge in [0.1, 0.15) is 5.82 Å². The van der Waals surface area contributed by atoms with Gasteiger partial charge in [0, 0.05) is 11.6 Å². The maximum atomic E-state index is 13.4. The third-order valence-electron chi connectivity index (χ3n) is 2.82. The van der Waals surface area contributed by atoms with Gasteiger partial charge in [0.15, 0.2) is 0 Å². The Kier molecular flexibility index (Phi) is 4.04. The normalized spacial score (nSPS) is 17.5. The van der Waals surface area contributed by atoms with Crippen LogP contribution in [0.2, 0.25) is 0 Å². The maximum Gasteiger partial charge on any atom is 0.416 e. The number of hydrogen-bond acceptors (Lipinski definition) is 1. The van der Waals surface area contributed by atoms with E-state index in [0.29, 0.717) is 6.07 Å². The van der Waals surface area contributed by atoms with Gasteiger partial charge in [0.05, 0.1) is 5.56 Å². The number of hydrogen-bond donors (Lipinski definition) is 1. The van der Waals surface area contributed by atoms with Crippen molar-refractivity contribution < 1.29 is 17.6 Å². The average molecular weight is 270 g/mol. The predicted molar refractivity (Wildman–Crippen MR) is 58.3 cm³/mol. The van der Waals surface area contributed by atoms with Gasteiger partial charge in [-0.1, -0.05) is 6.07 Å². The first-order valence-corrected chi connectivity index (χ1v) is 5.02. The molecule has 1 aromatic carbocycles. The lowest BCUT2D eigenvalue weighted by Gasteiger charge is -2.13. The van der Waals surface area contributed by atoms with Crippen molar-refractivity contribution in [1.82, 2.24) is 0 Å². The minimum absolute atomic E-state index is 0. The molecular weight excluding hydrogens is 258 g/mol. The van der Waals surface area contributed by atoms with Gasteiger partial charge in [0.25, 0.3) is 0 Å². The summed E-state index contributed by atoms with van der Waals surface area (Å²) in [6.45, 7) is 0. The molecule has 1 nitrogen and oxygen atoms in total. The Morgan fingerprint density at radius 2 is 1.82 bits per heavy atom. The van der Waals surface area contributed by atoms with E-state index in [0.717, 1.165) is 25.0 Å². The van der Waals surface area contributed by atoms with E-state index in [4.69, 9.17) is 5.73 Å². The molecule has 1 atom stereocenters.